The lowest BCUT2D eigenvalue weighted by Crippen LogP contribution is -1.81. The van der Waals surface area contributed by atoms with Gasteiger partial charge in [-0.1, -0.05) is 39.0 Å². The summed E-state index contributed by atoms with van der Waals surface area (Å²) in [6.45, 7) is 2.24. The van der Waals surface area contributed by atoms with E-state index in [0.29, 0.717) is 0 Å². The largest absolute Gasteiger partial charge is 0.250 e. The molecule has 0 N–H and O–H groups in total. The highest BCUT2D eigenvalue weighted by molar-refractivity contribution is 7.91. The van der Waals surface area contributed by atoms with Gasteiger partial charge in [-0.2, -0.15) is 0 Å². The number of unbranched alkanes of at least 4 members (excludes halogenated alkanes) is 5. The maximum Gasteiger partial charge on any atom is 0.0705 e. The second kappa shape index (κ2) is 6.99. The molecule has 0 saturated heterocycles. The van der Waals surface area contributed by atoms with Crippen molar-refractivity contribution in [3.8, 4) is 0 Å². The molecule has 1 unspecified atom stereocenters. The first-order chi connectivity index (χ1) is 6.83. The Balaban J connectivity index is 1.97. The van der Waals surface area contributed by atoms with Crippen molar-refractivity contribution in [1.82, 2.24) is 0 Å². The van der Waals surface area contributed by atoms with Crippen LogP contribution in [0.3, 0.4) is 0 Å². The summed E-state index contributed by atoms with van der Waals surface area (Å²) in [6.07, 6.45) is 11.1. The fourth-order valence-electron chi connectivity index (χ4n) is 1.63. The van der Waals surface area contributed by atoms with Gasteiger partial charge in [0.15, 0.2) is 0 Å². The first kappa shape index (κ1) is 11.7. The molecule has 1 rings (SSSR count). The van der Waals surface area contributed by atoms with Crippen LogP contribution in [0.5, 0.6) is 0 Å². The molecule has 0 amide bonds. The second-order valence-electron chi connectivity index (χ2n) is 3.84. The minimum absolute atomic E-state index is 0.806. The van der Waals surface area contributed by atoms with E-state index in [1.165, 1.54) is 44.1 Å². The molecule has 80 valence electrons. The quantitative estimate of drug-likeness (QED) is 0.585. The molecule has 0 fully saturated rings. The Kier molecular flexibility index (Phi) is 5.85. The van der Waals surface area contributed by atoms with Crippen molar-refractivity contribution in [1.29, 1.82) is 0 Å². The summed E-state index contributed by atoms with van der Waals surface area (Å²) in [4.78, 5) is 0. The average molecular weight is 212 g/mol. The Bertz CT molecular complexity index is 241. The minimum Gasteiger partial charge on any atom is -0.250 e. The lowest BCUT2D eigenvalue weighted by molar-refractivity contribution is 0.608. The van der Waals surface area contributed by atoms with Crippen LogP contribution in [0.25, 0.3) is 0 Å². The molecule has 1 nitrogen and oxygen atoms in total. The van der Waals surface area contributed by atoms with E-state index in [4.69, 9.17) is 0 Å². The van der Waals surface area contributed by atoms with Crippen LogP contribution in [0.4, 0.5) is 0 Å². The zero-order valence-electron chi connectivity index (χ0n) is 9.00. The van der Waals surface area contributed by atoms with Gasteiger partial charge in [0, 0.05) is 10.8 Å². The van der Waals surface area contributed by atoms with Crippen LogP contribution in [0.1, 0.15) is 51.9 Å². The normalized spacial score (nSPS) is 20.1. The summed E-state index contributed by atoms with van der Waals surface area (Å²) in [5, 5.41) is 3.64. The van der Waals surface area contributed by atoms with Gasteiger partial charge in [-0.25, -0.2) is 0 Å². The third kappa shape index (κ3) is 4.75. The number of allylic oxidation sites excluding steroid dienone is 2. The van der Waals surface area contributed by atoms with E-state index in [-0.39, 0.29) is 0 Å². The molecule has 0 bridgehead atoms. The van der Waals surface area contributed by atoms with Gasteiger partial charge >= 0.3 is 0 Å². The summed E-state index contributed by atoms with van der Waals surface area (Å²) in [7, 11) is -0.806. The highest BCUT2D eigenvalue weighted by Crippen LogP contribution is 2.17. The molecule has 0 saturated carbocycles. The molecule has 1 aliphatic rings. The summed E-state index contributed by atoms with van der Waals surface area (Å²) in [6, 6.07) is 0. The van der Waals surface area contributed by atoms with Crippen LogP contribution >= 0.6 is 0 Å². The van der Waals surface area contributed by atoms with E-state index in [2.05, 4.69) is 6.92 Å². The SMILES string of the molecule is CCCCCCCCC1=CS(=O)C=C1. The Morgan fingerprint density at radius 1 is 1.14 bits per heavy atom. The van der Waals surface area contributed by atoms with Gasteiger partial charge in [-0.3, -0.25) is 4.21 Å². The van der Waals surface area contributed by atoms with Crippen molar-refractivity contribution in [2.45, 2.75) is 51.9 Å². The van der Waals surface area contributed by atoms with E-state index < -0.39 is 10.8 Å². The molecule has 1 atom stereocenters. The summed E-state index contributed by atoms with van der Waals surface area (Å²) < 4.78 is 11.0. The van der Waals surface area contributed by atoms with Crippen LogP contribution in [0.15, 0.2) is 22.5 Å². The van der Waals surface area contributed by atoms with Gasteiger partial charge < -0.3 is 0 Å². The first-order valence-corrected chi connectivity index (χ1v) is 6.89. The van der Waals surface area contributed by atoms with Crippen molar-refractivity contribution < 1.29 is 4.21 Å². The van der Waals surface area contributed by atoms with Crippen LogP contribution < -0.4 is 0 Å². The molecule has 0 aromatic carbocycles. The van der Waals surface area contributed by atoms with Crippen LogP contribution in [0, 0.1) is 0 Å². The lowest BCUT2D eigenvalue weighted by Gasteiger charge is -2.00. The van der Waals surface area contributed by atoms with Crippen molar-refractivity contribution in [3.63, 3.8) is 0 Å². The minimum atomic E-state index is -0.806. The van der Waals surface area contributed by atoms with Crippen LogP contribution in [-0.4, -0.2) is 4.21 Å². The van der Waals surface area contributed by atoms with Crippen LogP contribution in [0.2, 0.25) is 0 Å². The van der Waals surface area contributed by atoms with Crippen LogP contribution in [-0.2, 0) is 10.8 Å². The van der Waals surface area contributed by atoms with Gasteiger partial charge in [0.25, 0.3) is 0 Å². The lowest BCUT2D eigenvalue weighted by atomic mass is 10.1. The molecule has 1 aliphatic heterocycles. The predicted molar refractivity (Wildman–Crippen MR) is 63.4 cm³/mol. The summed E-state index contributed by atoms with van der Waals surface area (Å²) in [5.41, 5.74) is 1.26. The first-order valence-electron chi connectivity index (χ1n) is 5.61. The van der Waals surface area contributed by atoms with E-state index in [0.717, 1.165) is 6.42 Å². The monoisotopic (exact) mass is 212 g/mol. The molecule has 0 radical (unpaired) electrons. The average Bonchev–Trinajstić information content (AvgIpc) is 2.58. The molecule has 0 aromatic rings. The van der Waals surface area contributed by atoms with Gasteiger partial charge in [0.2, 0.25) is 0 Å². The predicted octanol–water partition coefficient (Wildman–Crippen LogP) is 3.90. The molecular weight excluding hydrogens is 192 g/mol. The molecule has 1 heterocycles. The highest BCUT2D eigenvalue weighted by Gasteiger charge is 2.02. The number of hydrogen-bond donors (Lipinski definition) is 0. The third-order valence-electron chi connectivity index (χ3n) is 2.50. The van der Waals surface area contributed by atoms with E-state index >= 15 is 0 Å². The van der Waals surface area contributed by atoms with Crippen molar-refractivity contribution in [2.75, 3.05) is 0 Å². The summed E-state index contributed by atoms with van der Waals surface area (Å²) in [5.74, 6) is 0. The standard InChI is InChI=1S/C12H20OS/c1-2-3-4-5-6-7-8-12-9-10-14(13)11-12/h9-11H,2-8H2,1H3. The maximum atomic E-state index is 11.0. The van der Waals surface area contributed by atoms with Crippen molar-refractivity contribution in [3.05, 3.63) is 22.5 Å². The maximum absolute atomic E-state index is 11.0. The van der Waals surface area contributed by atoms with Gasteiger partial charge in [0.05, 0.1) is 10.8 Å². The Labute approximate surface area is 89.7 Å². The Hall–Kier alpha value is -0.370. The molecule has 0 aliphatic carbocycles. The Morgan fingerprint density at radius 3 is 2.50 bits per heavy atom. The van der Waals surface area contributed by atoms with Crippen molar-refractivity contribution >= 4 is 10.8 Å². The molecule has 14 heavy (non-hydrogen) atoms. The second-order valence-corrected chi connectivity index (χ2v) is 5.01. The number of hydrogen-bond acceptors (Lipinski definition) is 1. The highest BCUT2D eigenvalue weighted by atomic mass is 32.2. The zero-order valence-corrected chi connectivity index (χ0v) is 9.81. The fraction of sp³-hybridized carbons (Fsp3) is 0.667. The van der Waals surface area contributed by atoms with Gasteiger partial charge in [-0.15, -0.1) is 0 Å². The summed E-state index contributed by atoms with van der Waals surface area (Å²) >= 11 is 0. The molecule has 0 aromatic heterocycles. The van der Waals surface area contributed by atoms with Gasteiger partial charge in [-0.05, 0) is 24.5 Å². The molecular formula is C12H20OS. The number of rotatable bonds is 7. The molecule has 2 heteroatoms. The zero-order chi connectivity index (χ0) is 10.2. The van der Waals surface area contributed by atoms with E-state index in [1.807, 2.05) is 11.5 Å². The van der Waals surface area contributed by atoms with E-state index in [9.17, 15) is 4.21 Å². The van der Waals surface area contributed by atoms with E-state index in [1.54, 1.807) is 5.41 Å². The smallest absolute Gasteiger partial charge is 0.0705 e. The Morgan fingerprint density at radius 2 is 1.86 bits per heavy atom. The van der Waals surface area contributed by atoms with Gasteiger partial charge in [0.1, 0.15) is 0 Å². The third-order valence-corrected chi connectivity index (χ3v) is 3.44. The van der Waals surface area contributed by atoms with Crippen molar-refractivity contribution in [2.24, 2.45) is 0 Å². The molecule has 0 spiro atoms. The fourth-order valence-corrected chi connectivity index (χ4v) is 2.52. The topological polar surface area (TPSA) is 17.1 Å².